The molecule has 2 aliphatic rings. The Morgan fingerprint density at radius 3 is 2.43 bits per heavy atom. The van der Waals surface area contributed by atoms with E-state index in [1.807, 2.05) is 0 Å². The van der Waals surface area contributed by atoms with E-state index in [2.05, 4.69) is 5.10 Å². The minimum atomic E-state index is -4.96. The number of alkyl halides is 3. The standard InChI is InChI=1S/C14H13F3N2O2/c15-14(16,17)13(21)8-11(9-4-2-1-3-5-9)18-19(13)12(20)10-6-7-10/h1-5,10,21H,6-8H2/t13-/m0/s1. The maximum Gasteiger partial charge on any atom is 0.438 e. The normalized spacial score (nSPS) is 25.9. The third-order valence-corrected chi connectivity index (χ3v) is 3.68. The lowest BCUT2D eigenvalue weighted by Gasteiger charge is -2.32. The maximum atomic E-state index is 13.2. The van der Waals surface area contributed by atoms with E-state index in [1.165, 1.54) is 0 Å². The summed E-state index contributed by atoms with van der Waals surface area (Å²) >= 11 is 0. The predicted octanol–water partition coefficient (Wildman–Crippen LogP) is 2.28. The van der Waals surface area contributed by atoms with Crippen molar-refractivity contribution in [1.82, 2.24) is 5.01 Å². The lowest BCUT2D eigenvalue weighted by molar-refractivity contribution is -0.302. The van der Waals surface area contributed by atoms with Gasteiger partial charge in [0.2, 0.25) is 5.91 Å². The maximum absolute atomic E-state index is 13.2. The van der Waals surface area contributed by atoms with Crippen LogP contribution in [0.15, 0.2) is 35.4 Å². The number of nitrogens with zero attached hydrogens (tertiary/aromatic N) is 2. The number of benzene rings is 1. The van der Waals surface area contributed by atoms with Crippen molar-refractivity contribution in [3.05, 3.63) is 35.9 Å². The fraction of sp³-hybridized carbons (Fsp3) is 0.429. The fourth-order valence-electron chi connectivity index (χ4n) is 2.29. The second-order valence-electron chi connectivity index (χ2n) is 5.33. The average molecular weight is 298 g/mol. The molecule has 0 saturated heterocycles. The molecule has 3 rings (SSSR count). The van der Waals surface area contributed by atoms with Crippen LogP contribution >= 0.6 is 0 Å². The van der Waals surface area contributed by atoms with E-state index in [9.17, 15) is 23.1 Å². The molecule has 21 heavy (non-hydrogen) atoms. The Morgan fingerprint density at radius 1 is 1.29 bits per heavy atom. The molecule has 0 radical (unpaired) electrons. The first kappa shape index (κ1) is 14.1. The summed E-state index contributed by atoms with van der Waals surface area (Å²) in [7, 11) is 0. The molecule has 7 heteroatoms. The van der Waals surface area contributed by atoms with Gasteiger partial charge in [0.15, 0.2) is 0 Å². The first-order valence-electron chi connectivity index (χ1n) is 6.59. The summed E-state index contributed by atoms with van der Waals surface area (Å²) in [5, 5.41) is 14.0. The Bertz CT molecular complexity index is 596. The average Bonchev–Trinajstić information content (AvgIpc) is 3.21. The van der Waals surface area contributed by atoms with Gasteiger partial charge < -0.3 is 5.11 Å². The van der Waals surface area contributed by atoms with Gasteiger partial charge in [0, 0.05) is 5.92 Å². The smallest absolute Gasteiger partial charge is 0.362 e. The lowest BCUT2D eigenvalue weighted by atomic mass is 10.0. The summed E-state index contributed by atoms with van der Waals surface area (Å²) in [5.74, 6) is -1.22. The Balaban J connectivity index is 1.98. The van der Waals surface area contributed by atoms with Crippen LogP contribution in [-0.4, -0.2) is 33.6 Å². The quantitative estimate of drug-likeness (QED) is 0.910. The van der Waals surface area contributed by atoms with Gasteiger partial charge in [0.25, 0.3) is 5.72 Å². The van der Waals surface area contributed by atoms with Gasteiger partial charge in [-0.25, -0.2) is 0 Å². The summed E-state index contributed by atoms with van der Waals surface area (Å²) < 4.78 is 39.6. The highest BCUT2D eigenvalue weighted by Crippen LogP contribution is 2.44. The largest absolute Gasteiger partial charge is 0.438 e. The van der Waals surface area contributed by atoms with Crippen LogP contribution in [0, 0.1) is 5.92 Å². The van der Waals surface area contributed by atoms with Crippen molar-refractivity contribution in [3.63, 3.8) is 0 Å². The van der Waals surface area contributed by atoms with E-state index in [-0.39, 0.29) is 10.7 Å². The van der Waals surface area contributed by atoms with Gasteiger partial charge in [-0.1, -0.05) is 30.3 Å². The molecule has 0 unspecified atom stereocenters. The molecule has 0 bridgehead atoms. The van der Waals surface area contributed by atoms with Gasteiger partial charge in [-0.2, -0.15) is 23.3 Å². The van der Waals surface area contributed by atoms with Crippen molar-refractivity contribution in [1.29, 1.82) is 0 Å². The third-order valence-electron chi connectivity index (χ3n) is 3.68. The van der Waals surface area contributed by atoms with Gasteiger partial charge in [-0.05, 0) is 18.4 Å². The molecule has 1 aliphatic heterocycles. The van der Waals surface area contributed by atoms with Crippen molar-refractivity contribution in [3.8, 4) is 0 Å². The van der Waals surface area contributed by atoms with Gasteiger partial charge in [-0.15, -0.1) is 0 Å². The minimum Gasteiger partial charge on any atom is -0.362 e. The van der Waals surface area contributed by atoms with E-state index < -0.39 is 30.1 Å². The van der Waals surface area contributed by atoms with Crippen molar-refractivity contribution in [2.45, 2.75) is 31.2 Å². The molecule has 1 saturated carbocycles. The first-order valence-corrected chi connectivity index (χ1v) is 6.59. The number of halogens is 3. The molecular weight excluding hydrogens is 285 g/mol. The summed E-state index contributed by atoms with van der Waals surface area (Å²) in [5.41, 5.74) is -2.73. The van der Waals surface area contributed by atoms with Crippen molar-refractivity contribution in [2.75, 3.05) is 0 Å². The highest BCUT2D eigenvalue weighted by Gasteiger charge is 2.64. The van der Waals surface area contributed by atoms with E-state index in [1.54, 1.807) is 30.3 Å². The highest BCUT2D eigenvalue weighted by molar-refractivity contribution is 6.03. The zero-order valence-corrected chi connectivity index (χ0v) is 11.0. The van der Waals surface area contributed by atoms with Gasteiger partial charge in [-0.3, -0.25) is 4.79 Å². The monoisotopic (exact) mass is 298 g/mol. The van der Waals surface area contributed by atoms with Crippen LogP contribution in [0.25, 0.3) is 0 Å². The van der Waals surface area contributed by atoms with E-state index in [0.717, 1.165) is 0 Å². The Kier molecular flexibility index (Phi) is 3.05. The SMILES string of the molecule is O=C(C1CC1)N1N=C(c2ccccc2)C[C@]1(O)C(F)(F)F. The number of amides is 1. The van der Waals surface area contributed by atoms with Crippen molar-refractivity contribution in [2.24, 2.45) is 11.0 Å². The summed E-state index contributed by atoms with van der Waals surface area (Å²) in [6.45, 7) is 0. The van der Waals surface area contributed by atoms with Crippen molar-refractivity contribution >= 4 is 11.6 Å². The number of carbonyl (C=O) groups is 1. The van der Waals surface area contributed by atoms with Crippen LogP contribution < -0.4 is 0 Å². The molecule has 4 nitrogen and oxygen atoms in total. The van der Waals surface area contributed by atoms with Crippen LogP contribution in [0.4, 0.5) is 13.2 Å². The molecular formula is C14H13F3N2O2. The predicted molar refractivity (Wildman–Crippen MR) is 68.2 cm³/mol. The highest BCUT2D eigenvalue weighted by atomic mass is 19.4. The third kappa shape index (κ3) is 2.31. The number of aliphatic hydroxyl groups is 1. The molecule has 1 heterocycles. The van der Waals surface area contributed by atoms with Gasteiger partial charge >= 0.3 is 6.18 Å². The summed E-state index contributed by atoms with van der Waals surface area (Å²) in [4.78, 5) is 12.0. The molecule has 1 aromatic rings. The number of hydrogen-bond acceptors (Lipinski definition) is 3. The molecule has 0 aromatic heterocycles. The topological polar surface area (TPSA) is 52.9 Å². The van der Waals surface area contributed by atoms with E-state index in [0.29, 0.717) is 18.4 Å². The molecule has 1 aromatic carbocycles. The first-order chi connectivity index (χ1) is 9.83. The second kappa shape index (κ2) is 4.56. The van der Waals surface area contributed by atoms with Crippen LogP contribution in [0.5, 0.6) is 0 Å². The number of carbonyl (C=O) groups excluding carboxylic acids is 1. The van der Waals surface area contributed by atoms with Gasteiger partial charge in [0.05, 0.1) is 12.1 Å². The van der Waals surface area contributed by atoms with Gasteiger partial charge in [0.1, 0.15) is 0 Å². The molecule has 1 N–H and O–H groups in total. The molecule has 1 fully saturated rings. The van der Waals surface area contributed by atoms with Crippen LogP contribution in [0.1, 0.15) is 24.8 Å². The zero-order chi connectivity index (χ0) is 15.3. The Hall–Kier alpha value is -1.89. The number of hydrazone groups is 1. The minimum absolute atomic E-state index is 0.0597. The molecule has 1 atom stereocenters. The second-order valence-corrected chi connectivity index (χ2v) is 5.33. The fourth-order valence-corrected chi connectivity index (χ4v) is 2.29. The Morgan fingerprint density at radius 2 is 1.90 bits per heavy atom. The van der Waals surface area contributed by atoms with Crippen LogP contribution in [0.2, 0.25) is 0 Å². The summed E-state index contributed by atoms with van der Waals surface area (Å²) in [6.07, 6.45) is -4.63. The lowest BCUT2D eigenvalue weighted by Crippen LogP contribution is -2.57. The molecule has 1 amide bonds. The number of rotatable bonds is 2. The number of hydrogen-bond donors (Lipinski definition) is 1. The Labute approximate surface area is 118 Å². The summed E-state index contributed by atoms with van der Waals surface area (Å²) in [6, 6.07) is 8.25. The van der Waals surface area contributed by atoms with E-state index >= 15 is 0 Å². The zero-order valence-electron chi connectivity index (χ0n) is 11.0. The van der Waals surface area contributed by atoms with E-state index in [4.69, 9.17) is 0 Å². The van der Waals surface area contributed by atoms with Crippen LogP contribution in [-0.2, 0) is 4.79 Å². The van der Waals surface area contributed by atoms with Crippen molar-refractivity contribution < 1.29 is 23.1 Å². The molecule has 112 valence electrons. The van der Waals surface area contributed by atoms with Crippen LogP contribution in [0.3, 0.4) is 0 Å². The molecule has 0 spiro atoms. The molecule has 1 aliphatic carbocycles.